The number of carbonyl (C=O) groups excluding carboxylic acids is 2. The third-order valence-corrected chi connectivity index (χ3v) is 4.29. The van der Waals surface area contributed by atoms with E-state index in [-0.39, 0.29) is 35.0 Å². The average molecular weight is 391 g/mol. The Labute approximate surface area is 171 Å². The van der Waals surface area contributed by atoms with E-state index in [0.717, 1.165) is 16.7 Å². The van der Waals surface area contributed by atoms with Crippen molar-refractivity contribution in [3.05, 3.63) is 33.9 Å². The topological polar surface area (TPSA) is 52.6 Å². The molecule has 0 atom stereocenters. The number of rotatable bonds is 4. The highest BCUT2D eigenvalue weighted by Crippen LogP contribution is 2.34. The molecule has 0 aliphatic carbocycles. The van der Waals surface area contributed by atoms with Crippen molar-refractivity contribution in [3.63, 3.8) is 0 Å². The van der Waals surface area contributed by atoms with Gasteiger partial charge in [0.1, 0.15) is 0 Å². The molecule has 0 N–H and O–H groups in total. The number of hydrogen-bond donors (Lipinski definition) is 0. The zero-order valence-electron chi connectivity index (χ0n) is 19.6. The van der Waals surface area contributed by atoms with Crippen LogP contribution in [0.3, 0.4) is 0 Å². The fraction of sp³-hybridized carbons (Fsp3) is 0.667. The first-order valence-electron chi connectivity index (χ1n) is 9.93. The van der Waals surface area contributed by atoms with Gasteiger partial charge in [-0.3, -0.25) is 0 Å². The van der Waals surface area contributed by atoms with Crippen LogP contribution in [0, 0.1) is 24.7 Å². The molecule has 4 heteroatoms. The fourth-order valence-corrected chi connectivity index (χ4v) is 2.94. The molecule has 1 aromatic rings. The van der Waals surface area contributed by atoms with Crippen molar-refractivity contribution in [1.29, 1.82) is 0 Å². The Hall–Kier alpha value is -1.84. The van der Waals surface area contributed by atoms with E-state index in [1.807, 2.05) is 76.2 Å². The average Bonchev–Trinajstić information content (AvgIpc) is 2.49. The van der Waals surface area contributed by atoms with Crippen LogP contribution in [0.2, 0.25) is 0 Å². The molecule has 28 heavy (non-hydrogen) atoms. The molecule has 0 amide bonds. The van der Waals surface area contributed by atoms with Gasteiger partial charge < -0.3 is 9.47 Å². The van der Waals surface area contributed by atoms with Crippen molar-refractivity contribution in [2.75, 3.05) is 13.2 Å². The molecule has 0 bridgehead atoms. The first-order chi connectivity index (χ1) is 12.4. The summed E-state index contributed by atoms with van der Waals surface area (Å²) in [7, 11) is 0. The largest absolute Gasteiger partial charge is 0.462 e. The van der Waals surface area contributed by atoms with Crippen LogP contribution in [0.5, 0.6) is 0 Å². The lowest BCUT2D eigenvalue weighted by molar-refractivity contribution is 0.0320. The van der Waals surface area contributed by atoms with E-state index in [1.54, 1.807) is 6.07 Å². The molecule has 0 saturated heterocycles. The van der Waals surface area contributed by atoms with Gasteiger partial charge in [0.2, 0.25) is 0 Å². The smallest absolute Gasteiger partial charge is 0.339 e. The molecule has 1 aromatic carbocycles. The number of aryl methyl sites for hydroxylation is 1. The number of esters is 2. The van der Waals surface area contributed by atoms with Crippen molar-refractivity contribution in [2.24, 2.45) is 10.8 Å². The molecule has 0 saturated carbocycles. The third-order valence-electron chi connectivity index (χ3n) is 4.29. The maximum atomic E-state index is 13.1. The number of benzene rings is 1. The lowest BCUT2D eigenvalue weighted by Crippen LogP contribution is -2.27. The summed E-state index contributed by atoms with van der Waals surface area (Å²) in [5, 5.41) is 0. The predicted molar refractivity (Wildman–Crippen MR) is 114 cm³/mol. The van der Waals surface area contributed by atoms with Gasteiger partial charge in [-0.2, -0.15) is 0 Å². The summed E-state index contributed by atoms with van der Waals surface area (Å²) < 4.78 is 11.2. The Bertz CT molecular complexity index is 738. The van der Waals surface area contributed by atoms with E-state index in [4.69, 9.17) is 9.47 Å². The molecule has 0 aromatic heterocycles. The molecule has 1 rings (SSSR count). The van der Waals surface area contributed by atoms with Crippen LogP contribution in [0.1, 0.15) is 99.7 Å². The highest BCUT2D eigenvalue weighted by molar-refractivity contribution is 6.05. The van der Waals surface area contributed by atoms with E-state index < -0.39 is 11.9 Å². The van der Waals surface area contributed by atoms with E-state index in [2.05, 4.69) is 0 Å². The Morgan fingerprint density at radius 3 is 1.61 bits per heavy atom. The first kappa shape index (κ1) is 24.2. The van der Waals surface area contributed by atoms with Crippen molar-refractivity contribution in [2.45, 2.75) is 81.6 Å². The number of hydrogen-bond acceptors (Lipinski definition) is 4. The van der Waals surface area contributed by atoms with Gasteiger partial charge in [-0.15, -0.1) is 0 Å². The normalized spacial score (nSPS) is 12.7. The van der Waals surface area contributed by atoms with Crippen molar-refractivity contribution < 1.29 is 19.1 Å². The molecule has 0 spiro atoms. The molecular formula is C24H38O4. The van der Waals surface area contributed by atoms with E-state index in [1.165, 1.54) is 0 Å². The fourth-order valence-electron chi connectivity index (χ4n) is 2.94. The van der Waals surface area contributed by atoms with Crippen molar-refractivity contribution in [1.82, 2.24) is 0 Å². The van der Waals surface area contributed by atoms with E-state index in [0.29, 0.717) is 5.56 Å². The molecule has 0 heterocycles. The molecule has 0 unspecified atom stereocenters. The second-order valence-corrected chi connectivity index (χ2v) is 11.1. The molecule has 0 aliphatic heterocycles. The van der Waals surface area contributed by atoms with Gasteiger partial charge in [-0.05, 0) is 52.8 Å². The highest BCUT2D eigenvalue weighted by Gasteiger charge is 2.32. The second kappa shape index (κ2) is 8.26. The van der Waals surface area contributed by atoms with Gasteiger partial charge >= 0.3 is 11.9 Å². The zero-order chi connectivity index (χ0) is 22.1. The summed E-state index contributed by atoms with van der Waals surface area (Å²) in [5.74, 6) is -0.947. The molecule has 0 aliphatic rings. The van der Waals surface area contributed by atoms with Crippen molar-refractivity contribution >= 4 is 11.9 Å². The second-order valence-electron chi connectivity index (χ2n) is 11.1. The summed E-state index contributed by atoms with van der Waals surface area (Å²) in [6.07, 6.45) is 0. The highest BCUT2D eigenvalue weighted by atomic mass is 16.5. The predicted octanol–water partition coefficient (Wildman–Crippen LogP) is 6.01. The summed E-state index contributed by atoms with van der Waals surface area (Å²) in [6, 6.07) is 1.75. The van der Waals surface area contributed by atoms with E-state index in [9.17, 15) is 9.59 Å². The number of ether oxygens (including phenoxy) is 2. The summed E-state index contributed by atoms with van der Waals surface area (Å²) >= 11 is 0. The Morgan fingerprint density at radius 2 is 1.21 bits per heavy atom. The minimum atomic E-state index is -0.480. The minimum absolute atomic E-state index is 0.158. The van der Waals surface area contributed by atoms with Crippen LogP contribution in [0.25, 0.3) is 0 Å². The van der Waals surface area contributed by atoms with Crippen molar-refractivity contribution in [3.8, 4) is 0 Å². The SMILES string of the molecule is Cc1cc(C(=O)OCC(C)(C)C)c(C(=O)OCC(C)(C)C)c(C(C)(C)C)c1C. The molecule has 4 nitrogen and oxygen atoms in total. The molecular weight excluding hydrogens is 352 g/mol. The van der Waals surface area contributed by atoms with Gasteiger partial charge in [0.05, 0.1) is 24.3 Å². The van der Waals surface area contributed by atoms with Crippen LogP contribution >= 0.6 is 0 Å². The van der Waals surface area contributed by atoms with Crippen LogP contribution in [0.4, 0.5) is 0 Å². The Morgan fingerprint density at radius 1 is 0.786 bits per heavy atom. The van der Waals surface area contributed by atoms with Crippen LogP contribution in [-0.2, 0) is 14.9 Å². The third kappa shape index (κ3) is 6.65. The van der Waals surface area contributed by atoms with Gasteiger partial charge in [-0.1, -0.05) is 62.3 Å². The maximum Gasteiger partial charge on any atom is 0.339 e. The van der Waals surface area contributed by atoms with Gasteiger partial charge in [0.15, 0.2) is 0 Å². The summed E-state index contributed by atoms with van der Waals surface area (Å²) in [6.45, 7) is 22.6. The Kier molecular flexibility index (Phi) is 7.14. The lowest BCUT2D eigenvalue weighted by Gasteiger charge is -2.28. The Balaban J connectivity index is 3.55. The number of carbonyl (C=O) groups is 2. The molecule has 158 valence electrons. The molecule has 0 fully saturated rings. The van der Waals surface area contributed by atoms with Crippen LogP contribution in [0.15, 0.2) is 6.07 Å². The summed E-state index contributed by atoms with van der Waals surface area (Å²) in [5.41, 5.74) is 2.77. The van der Waals surface area contributed by atoms with Gasteiger partial charge in [0, 0.05) is 0 Å². The standard InChI is InChI=1S/C24H38O4/c1-15-12-17(20(25)27-13-22(3,4)5)18(19(16(15)2)24(9,10)11)21(26)28-14-23(6,7)8/h12H,13-14H2,1-11H3. The lowest BCUT2D eigenvalue weighted by atomic mass is 9.77. The van der Waals surface area contributed by atoms with E-state index >= 15 is 0 Å². The zero-order valence-corrected chi connectivity index (χ0v) is 19.6. The van der Waals surface area contributed by atoms with Crippen LogP contribution < -0.4 is 0 Å². The first-order valence-corrected chi connectivity index (χ1v) is 9.93. The van der Waals surface area contributed by atoms with Crippen LogP contribution in [-0.4, -0.2) is 25.2 Å². The maximum absolute atomic E-state index is 13.1. The summed E-state index contributed by atoms with van der Waals surface area (Å²) in [4.78, 5) is 26.0. The quantitative estimate of drug-likeness (QED) is 0.591. The van der Waals surface area contributed by atoms with Gasteiger partial charge in [-0.25, -0.2) is 9.59 Å². The monoisotopic (exact) mass is 390 g/mol. The minimum Gasteiger partial charge on any atom is -0.462 e. The molecule has 0 radical (unpaired) electrons. The van der Waals surface area contributed by atoms with Gasteiger partial charge in [0.25, 0.3) is 0 Å².